The van der Waals surface area contributed by atoms with Gasteiger partial charge in [0.15, 0.2) is 0 Å². The van der Waals surface area contributed by atoms with Crippen LogP contribution in [0.3, 0.4) is 0 Å². The molecule has 3 heteroatoms. The first-order valence-electron chi connectivity index (χ1n) is 6.30. The van der Waals surface area contributed by atoms with Gasteiger partial charge in [0.25, 0.3) is 0 Å². The Balaban J connectivity index is 2.02. The number of hydrogen-bond donors (Lipinski definition) is 1. The second kappa shape index (κ2) is 6.31. The summed E-state index contributed by atoms with van der Waals surface area (Å²) in [5, 5.41) is 3.42. The van der Waals surface area contributed by atoms with E-state index in [2.05, 4.69) is 40.3 Å². The van der Waals surface area contributed by atoms with Crippen molar-refractivity contribution in [1.29, 1.82) is 0 Å². The first-order chi connectivity index (χ1) is 9.06. The second-order valence-electron chi connectivity index (χ2n) is 4.72. The molecule has 1 nitrogen and oxygen atoms in total. The number of benzene rings is 2. The van der Waals surface area contributed by atoms with Crippen molar-refractivity contribution >= 4 is 15.9 Å². The Morgan fingerprint density at radius 1 is 1.16 bits per heavy atom. The molecule has 19 heavy (non-hydrogen) atoms. The van der Waals surface area contributed by atoms with Gasteiger partial charge in [-0.3, -0.25) is 0 Å². The SMILES string of the molecule is Cc1ccc(F)cc1CN[C@@H](C)c1ccc(Br)cc1. The van der Waals surface area contributed by atoms with Gasteiger partial charge in [0, 0.05) is 17.1 Å². The molecule has 0 spiro atoms. The minimum absolute atomic E-state index is 0.182. The molecule has 0 aliphatic carbocycles. The number of aryl methyl sites for hydroxylation is 1. The van der Waals surface area contributed by atoms with Crippen LogP contribution in [0.5, 0.6) is 0 Å². The zero-order valence-electron chi connectivity index (χ0n) is 11.1. The maximum absolute atomic E-state index is 13.2. The summed E-state index contributed by atoms with van der Waals surface area (Å²) >= 11 is 3.43. The Labute approximate surface area is 122 Å². The number of halogens is 2. The Hall–Kier alpha value is -1.19. The van der Waals surface area contributed by atoms with Crippen molar-refractivity contribution < 1.29 is 4.39 Å². The van der Waals surface area contributed by atoms with Crippen LogP contribution in [0.1, 0.15) is 29.7 Å². The second-order valence-corrected chi connectivity index (χ2v) is 5.64. The maximum Gasteiger partial charge on any atom is 0.123 e. The highest BCUT2D eigenvalue weighted by Gasteiger charge is 2.06. The zero-order chi connectivity index (χ0) is 13.8. The third-order valence-electron chi connectivity index (χ3n) is 3.28. The first-order valence-corrected chi connectivity index (χ1v) is 7.09. The van der Waals surface area contributed by atoms with E-state index < -0.39 is 0 Å². The predicted molar refractivity (Wildman–Crippen MR) is 80.5 cm³/mol. The molecule has 2 rings (SSSR count). The molecule has 2 aromatic rings. The molecule has 0 unspecified atom stereocenters. The van der Waals surface area contributed by atoms with Crippen molar-refractivity contribution in [3.8, 4) is 0 Å². The van der Waals surface area contributed by atoms with Crippen molar-refractivity contribution in [2.75, 3.05) is 0 Å². The van der Waals surface area contributed by atoms with Gasteiger partial charge >= 0.3 is 0 Å². The van der Waals surface area contributed by atoms with Crippen molar-refractivity contribution in [3.05, 3.63) is 69.4 Å². The van der Waals surface area contributed by atoms with Crippen LogP contribution in [0.25, 0.3) is 0 Å². The molecular formula is C16H17BrFN. The minimum atomic E-state index is -0.182. The van der Waals surface area contributed by atoms with Crippen LogP contribution in [-0.4, -0.2) is 0 Å². The van der Waals surface area contributed by atoms with Crippen molar-refractivity contribution in [2.45, 2.75) is 26.4 Å². The smallest absolute Gasteiger partial charge is 0.123 e. The summed E-state index contributed by atoms with van der Waals surface area (Å²) in [5.74, 6) is -0.182. The highest BCUT2D eigenvalue weighted by Crippen LogP contribution is 2.18. The van der Waals surface area contributed by atoms with Gasteiger partial charge < -0.3 is 5.32 Å². The highest BCUT2D eigenvalue weighted by atomic mass is 79.9. The van der Waals surface area contributed by atoms with E-state index in [9.17, 15) is 4.39 Å². The van der Waals surface area contributed by atoms with Crippen LogP contribution >= 0.6 is 15.9 Å². The monoisotopic (exact) mass is 321 g/mol. The molecule has 0 aromatic heterocycles. The largest absolute Gasteiger partial charge is 0.306 e. The van der Waals surface area contributed by atoms with Gasteiger partial charge in [0.05, 0.1) is 0 Å². The van der Waals surface area contributed by atoms with Crippen molar-refractivity contribution in [2.24, 2.45) is 0 Å². The molecule has 0 aliphatic heterocycles. The van der Waals surface area contributed by atoms with E-state index in [1.165, 1.54) is 11.6 Å². The molecule has 0 heterocycles. The summed E-state index contributed by atoms with van der Waals surface area (Å²) in [7, 11) is 0. The Morgan fingerprint density at radius 2 is 1.84 bits per heavy atom. The van der Waals surface area contributed by atoms with Gasteiger partial charge in [-0.05, 0) is 54.8 Å². The lowest BCUT2D eigenvalue weighted by Crippen LogP contribution is -2.18. The van der Waals surface area contributed by atoms with Gasteiger partial charge in [0.2, 0.25) is 0 Å². The Bertz CT molecular complexity index is 551. The molecule has 2 aromatic carbocycles. The lowest BCUT2D eigenvalue weighted by atomic mass is 10.1. The summed E-state index contributed by atoms with van der Waals surface area (Å²) in [4.78, 5) is 0. The van der Waals surface area contributed by atoms with Gasteiger partial charge in [0.1, 0.15) is 5.82 Å². The summed E-state index contributed by atoms with van der Waals surface area (Å²) in [6.45, 7) is 4.78. The molecular weight excluding hydrogens is 305 g/mol. The van der Waals surface area contributed by atoms with E-state index in [1.807, 2.05) is 25.1 Å². The minimum Gasteiger partial charge on any atom is -0.306 e. The average Bonchev–Trinajstić information content (AvgIpc) is 2.40. The molecule has 1 atom stereocenters. The van der Waals surface area contributed by atoms with Crippen molar-refractivity contribution in [1.82, 2.24) is 5.32 Å². The quantitative estimate of drug-likeness (QED) is 0.857. The van der Waals surface area contributed by atoms with E-state index in [0.717, 1.165) is 15.6 Å². The van der Waals surface area contributed by atoms with Crippen LogP contribution in [-0.2, 0) is 6.54 Å². The number of nitrogens with one attached hydrogen (secondary N) is 1. The van der Waals surface area contributed by atoms with Gasteiger partial charge in [-0.1, -0.05) is 34.1 Å². The molecule has 0 radical (unpaired) electrons. The van der Waals surface area contributed by atoms with Gasteiger partial charge in [-0.25, -0.2) is 4.39 Å². The molecule has 0 aliphatic rings. The fraction of sp³-hybridized carbons (Fsp3) is 0.250. The molecule has 1 N–H and O–H groups in total. The Morgan fingerprint density at radius 3 is 2.53 bits per heavy atom. The lowest BCUT2D eigenvalue weighted by molar-refractivity contribution is 0.567. The summed E-state index contributed by atoms with van der Waals surface area (Å²) in [5.41, 5.74) is 3.33. The number of rotatable bonds is 4. The average molecular weight is 322 g/mol. The van der Waals surface area contributed by atoms with Gasteiger partial charge in [-0.15, -0.1) is 0 Å². The van der Waals surface area contributed by atoms with Crippen LogP contribution in [0.15, 0.2) is 46.9 Å². The third kappa shape index (κ3) is 3.88. The highest BCUT2D eigenvalue weighted by molar-refractivity contribution is 9.10. The predicted octanol–water partition coefficient (Wildman–Crippen LogP) is 4.75. The molecule has 100 valence electrons. The third-order valence-corrected chi connectivity index (χ3v) is 3.81. The van der Waals surface area contributed by atoms with Crippen LogP contribution in [0.4, 0.5) is 4.39 Å². The molecule has 0 saturated carbocycles. The normalized spacial score (nSPS) is 12.4. The van der Waals surface area contributed by atoms with E-state index in [1.54, 1.807) is 6.07 Å². The number of hydrogen-bond acceptors (Lipinski definition) is 1. The topological polar surface area (TPSA) is 12.0 Å². The summed E-state index contributed by atoms with van der Waals surface area (Å²) in [6, 6.07) is 13.4. The molecule has 0 bridgehead atoms. The fourth-order valence-electron chi connectivity index (χ4n) is 1.96. The van der Waals surface area contributed by atoms with E-state index in [4.69, 9.17) is 0 Å². The standard InChI is InChI=1S/C16H17BrFN/c1-11-3-8-16(18)9-14(11)10-19-12(2)13-4-6-15(17)7-5-13/h3-9,12,19H,10H2,1-2H3/t12-/m0/s1. The molecule has 0 fully saturated rings. The first kappa shape index (κ1) is 14.2. The summed E-state index contributed by atoms with van der Waals surface area (Å²) < 4.78 is 14.3. The molecule has 0 amide bonds. The molecule has 0 saturated heterocycles. The van der Waals surface area contributed by atoms with Crippen molar-refractivity contribution in [3.63, 3.8) is 0 Å². The zero-order valence-corrected chi connectivity index (χ0v) is 12.7. The fourth-order valence-corrected chi connectivity index (χ4v) is 2.23. The van der Waals surface area contributed by atoms with Crippen LogP contribution in [0, 0.1) is 12.7 Å². The van der Waals surface area contributed by atoms with Gasteiger partial charge in [-0.2, -0.15) is 0 Å². The lowest BCUT2D eigenvalue weighted by Gasteiger charge is -2.15. The summed E-state index contributed by atoms with van der Waals surface area (Å²) in [6.07, 6.45) is 0. The van der Waals surface area contributed by atoms with E-state index in [0.29, 0.717) is 6.54 Å². The Kier molecular flexibility index (Phi) is 4.72. The van der Waals surface area contributed by atoms with Crippen LogP contribution in [0.2, 0.25) is 0 Å². The maximum atomic E-state index is 13.2. The van der Waals surface area contributed by atoms with E-state index >= 15 is 0 Å². The van der Waals surface area contributed by atoms with E-state index in [-0.39, 0.29) is 11.9 Å². The van der Waals surface area contributed by atoms with Crippen LogP contribution < -0.4 is 5.32 Å².